The lowest BCUT2D eigenvalue weighted by Gasteiger charge is -2.18. The van der Waals surface area contributed by atoms with E-state index in [4.69, 9.17) is 23.2 Å². The highest BCUT2D eigenvalue weighted by Gasteiger charge is 2.19. The molecule has 2 N–H and O–H groups in total. The van der Waals surface area contributed by atoms with E-state index in [1.165, 1.54) is 12.1 Å². The molecule has 190 valence electrons. The van der Waals surface area contributed by atoms with Crippen LogP contribution in [0, 0.1) is 6.92 Å². The minimum Gasteiger partial charge on any atom is -0.331 e. The van der Waals surface area contributed by atoms with Gasteiger partial charge in [0.05, 0.1) is 38.6 Å². The molecule has 7 nitrogen and oxygen atoms in total. The fourth-order valence-electron chi connectivity index (χ4n) is 3.71. The molecule has 1 aromatic heterocycles. The first-order chi connectivity index (χ1) is 17.6. The number of aromatic nitrogens is 2. The molecule has 0 fully saturated rings. The van der Waals surface area contributed by atoms with Gasteiger partial charge in [-0.05, 0) is 49.2 Å². The van der Waals surface area contributed by atoms with Crippen molar-refractivity contribution in [2.75, 3.05) is 5.32 Å². The zero-order valence-electron chi connectivity index (χ0n) is 20.1. The highest BCUT2D eigenvalue weighted by molar-refractivity contribution is 7.90. The van der Waals surface area contributed by atoms with E-state index < -0.39 is 21.9 Å². The van der Waals surface area contributed by atoms with Crippen LogP contribution in [0.1, 0.15) is 29.7 Å². The second-order valence-corrected chi connectivity index (χ2v) is 11.3. The predicted octanol–water partition coefficient (Wildman–Crippen LogP) is 6.62. The van der Waals surface area contributed by atoms with Gasteiger partial charge in [-0.3, -0.25) is 9.97 Å². The Morgan fingerprint density at radius 3 is 2.30 bits per heavy atom. The molecule has 1 heterocycles. The van der Waals surface area contributed by atoms with Gasteiger partial charge in [0.1, 0.15) is 0 Å². The quantitative estimate of drug-likeness (QED) is 0.267. The summed E-state index contributed by atoms with van der Waals surface area (Å²) in [6.07, 6.45) is 4.72. The molecule has 0 aliphatic heterocycles. The van der Waals surface area contributed by atoms with Crippen LogP contribution in [0.2, 0.25) is 10.0 Å². The number of hydrogen-bond donors (Lipinski definition) is 2. The van der Waals surface area contributed by atoms with Gasteiger partial charge < -0.3 is 10.6 Å². The van der Waals surface area contributed by atoms with Crippen LogP contribution in [-0.4, -0.2) is 24.4 Å². The maximum atomic E-state index is 12.8. The number of anilines is 1. The molecule has 1 atom stereocenters. The van der Waals surface area contributed by atoms with E-state index >= 15 is 0 Å². The van der Waals surface area contributed by atoms with E-state index in [-0.39, 0.29) is 10.6 Å². The van der Waals surface area contributed by atoms with Gasteiger partial charge in [-0.25, -0.2) is 13.2 Å². The number of urea groups is 1. The van der Waals surface area contributed by atoms with Gasteiger partial charge >= 0.3 is 6.03 Å². The first-order valence-corrected chi connectivity index (χ1v) is 13.7. The van der Waals surface area contributed by atoms with Crippen molar-refractivity contribution >= 4 is 44.8 Å². The summed E-state index contributed by atoms with van der Waals surface area (Å²) in [6.45, 7) is 3.72. The number of carbonyl (C=O) groups excluding carboxylic acids is 1. The molecule has 1 unspecified atom stereocenters. The monoisotopic (exact) mass is 554 g/mol. The molecule has 4 rings (SSSR count). The van der Waals surface area contributed by atoms with Gasteiger partial charge in [0.15, 0.2) is 9.84 Å². The maximum Gasteiger partial charge on any atom is 0.319 e. The Bertz CT molecular complexity index is 1510. The molecule has 0 aliphatic rings. The Morgan fingerprint density at radius 1 is 0.946 bits per heavy atom. The molecule has 3 aromatic carbocycles. The number of nitrogens with zero attached hydrogens (tertiary/aromatic N) is 2. The van der Waals surface area contributed by atoms with Gasteiger partial charge in [-0.15, -0.1) is 0 Å². The van der Waals surface area contributed by atoms with E-state index in [2.05, 4.69) is 20.6 Å². The SMILES string of the molecule is Cc1ccc(CS(=O)(=O)c2ccc(NC(=O)NC(C)c3ccc(-c4cnccn4)c(Cl)c3Cl)cc2)cc1. The number of sulfone groups is 1. The van der Waals surface area contributed by atoms with Crippen molar-refractivity contribution in [1.29, 1.82) is 0 Å². The summed E-state index contributed by atoms with van der Waals surface area (Å²) >= 11 is 13.0. The zero-order valence-corrected chi connectivity index (χ0v) is 22.4. The molecule has 2 amide bonds. The third-order valence-electron chi connectivity index (χ3n) is 5.71. The number of hydrogen-bond acceptors (Lipinski definition) is 5. The van der Waals surface area contributed by atoms with Gasteiger partial charge in [-0.1, -0.05) is 65.2 Å². The Labute approximate surface area is 225 Å². The number of nitrogens with one attached hydrogen (secondary N) is 2. The molecule has 10 heteroatoms. The second kappa shape index (κ2) is 11.3. The van der Waals surface area contributed by atoms with Crippen LogP contribution >= 0.6 is 23.2 Å². The minimum absolute atomic E-state index is 0.100. The van der Waals surface area contributed by atoms with Crippen molar-refractivity contribution in [3.8, 4) is 11.3 Å². The van der Waals surface area contributed by atoms with Gasteiger partial charge in [0.2, 0.25) is 0 Å². The van der Waals surface area contributed by atoms with Crippen LogP contribution in [0.15, 0.2) is 84.1 Å². The normalized spacial score (nSPS) is 12.1. The molecular weight excluding hydrogens is 531 g/mol. The summed E-state index contributed by atoms with van der Waals surface area (Å²) in [4.78, 5) is 21.1. The van der Waals surface area contributed by atoms with Crippen molar-refractivity contribution in [3.63, 3.8) is 0 Å². The predicted molar refractivity (Wildman–Crippen MR) is 147 cm³/mol. The van der Waals surface area contributed by atoms with Crippen molar-refractivity contribution in [3.05, 3.63) is 106 Å². The van der Waals surface area contributed by atoms with Crippen LogP contribution in [0.4, 0.5) is 10.5 Å². The molecule has 0 bridgehead atoms. The van der Waals surface area contributed by atoms with Crippen molar-refractivity contribution in [1.82, 2.24) is 15.3 Å². The van der Waals surface area contributed by atoms with Gasteiger partial charge in [0.25, 0.3) is 0 Å². The molecule has 0 saturated carbocycles. The summed E-state index contributed by atoms with van der Waals surface area (Å²) in [5.74, 6) is -0.100. The smallest absolute Gasteiger partial charge is 0.319 e. The lowest BCUT2D eigenvalue weighted by molar-refractivity contribution is 0.249. The summed E-state index contributed by atoms with van der Waals surface area (Å²) in [6, 6.07) is 16.0. The third kappa shape index (κ3) is 6.46. The fraction of sp³-hybridized carbons (Fsp3) is 0.148. The number of halogens is 2. The first-order valence-electron chi connectivity index (χ1n) is 11.3. The van der Waals surface area contributed by atoms with Crippen molar-refractivity contribution in [2.24, 2.45) is 0 Å². The van der Waals surface area contributed by atoms with Crippen LogP contribution in [-0.2, 0) is 15.6 Å². The van der Waals surface area contributed by atoms with Crippen LogP contribution in [0.5, 0.6) is 0 Å². The Kier molecular flexibility index (Phi) is 8.12. The lowest BCUT2D eigenvalue weighted by Crippen LogP contribution is -2.31. The average Bonchev–Trinajstić information content (AvgIpc) is 2.87. The third-order valence-corrected chi connectivity index (χ3v) is 8.31. The van der Waals surface area contributed by atoms with E-state index in [0.29, 0.717) is 38.1 Å². The largest absolute Gasteiger partial charge is 0.331 e. The topological polar surface area (TPSA) is 101 Å². The Hall–Kier alpha value is -3.46. The van der Waals surface area contributed by atoms with E-state index in [9.17, 15) is 13.2 Å². The maximum absolute atomic E-state index is 12.8. The summed E-state index contributed by atoms with van der Waals surface area (Å²) < 4.78 is 25.5. The minimum atomic E-state index is -3.52. The molecule has 4 aromatic rings. The molecular formula is C27H24Cl2N4O3S. The summed E-state index contributed by atoms with van der Waals surface area (Å²) in [5.41, 5.74) is 4.08. The number of carbonyl (C=O) groups is 1. The van der Waals surface area contributed by atoms with Gasteiger partial charge in [0, 0.05) is 23.6 Å². The van der Waals surface area contributed by atoms with Gasteiger partial charge in [-0.2, -0.15) is 0 Å². The fourth-order valence-corrected chi connectivity index (χ4v) is 5.66. The van der Waals surface area contributed by atoms with Crippen LogP contribution in [0.3, 0.4) is 0 Å². The number of benzene rings is 3. The Morgan fingerprint density at radius 2 is 1.65 bits per heavy atom. The van der Waals surface area contributed by atoms with Crippen molar-refractivity contribution < 1.29 is 13.2 Å². The lowest BCUT2D eigenvalue weighted by atomic mass is 10.0. The zero-order chi connectivity index (χ0) is 26.6. The van der Waals surface area contributed by atoms with Crippen LogP contribution in [0.25, 0.3) is 11.3 Å². The number of aryl methyl sites for hydroxylation is 1. The average molecular weight is 555 g/mol. The molecule has 0 radical (unpaired) electrons. The number of amides is 2. The molecule has 37 heavy (non-hydrogen) atoms. The van der Waals surface area contributed by atoms with E-state index in [1.54, 1.807) is 61.9 Å². The standard InChI is InChI=1S/C27H24Cl2N4O3S/c1-17-3-5-19(6-4-17)16-37(35,36)21-9-7-20(8-10-21)33-27(34)32-18(2)22-11-12-23(26(29)25(22)28)24-15-30-13-14-31-24/h3-15,18H,16H2,1-2H3,(H2,32,33,34). The summed E-state index contributed by atoms with van der Waals surface area (Å²) in [7, 11) is -3.52. The molecule has 0 spiro atoms. The molecule has 0 aliphatic carbocycles. The summed E-state index contributed by atoms with van der Waals surface area (Å²) in [5, 5.41) is 6.15. The second-order valence-electron chi connectivity index (χ2n) is 8.51. The van der Waals surface area contributed by atoms with Crippen LogP contribution < -0.4 is 10.6 Å². The van der Waals surface area contributed by atoms with E-state index in [0.717, 1.165) is 5.56 Å². The van der Waals surface area contributed by atoms with Crippen molar-refractivity contribution in [2.45, 2.75) is 30.5 Å². The highest BCUT2D eigenvalue weighted by atomic mass is 35.5. The highest BCUT2D eigenvalue weighted by Crippen LogP contribution is 2.37. The number of rotatable bonds is 7. The Balaban J connectivity index is 1.40. The van der Waals surface area contributed by atoms with E-state index in [1.807, 2.05) is 19.1 Å². The molecule has 0 saturated heterocycles. The first kappa shape index (κ1) is 26.6.